The third-order valence-electron chi connectivity index (χ3n) is 2.17. The Bertz CT molecular complexity index is 258. The van der Waals surface area contributed by atoms with Crippen molar-refractivity contribution in [2.45, 2.75) is 19.5 Å². The van der Waals surface area contributed by atoms with E-state index in [1.165, 1.54) is 0 Å². The van der Waals surface area contributed by atoms with Crippen LogP contribution in [0.4, 0.5) is 0 Å². The molecule has 0 spiro atoms. The van der Waals surface area contributed by atoms with Gasteiger partial charge in [0, 0.05) is 26.3 Å². The molecule has 0 bridgehead atoms. The third-order valence-corrected chi connectivity index (χ3v) is 3.45. The van der Waals surface area contributed by atoms with Gasteiger partial charge in [-0.05, 0) is 13.8 Å². The van der Waals surface area contributed by atoms with Crippen molar-refractivity contribution in [1.29, 1.82) is 0 Å². The van der Waals surface area contributed by atoms with Crippen LogP contribution in [0.2, 0.25) is 0 Å². The van der Waals surface area contributed by atoms with Gasteiger partial charge in [0.1, 0.15) is 0 Å². The van der Waals surface area contributed by atoms with Crippen LogP contribution in [0.25, 0.3) is 0 Å². The number of rotatable bonds is 10. The molecule has 0 atom stereocenters. The van der Waals surface area contributed by atoms with Crippen molar-refractivity contribution in [2.24, 2.45) is 0 Å². The highest BCUT2D eigenvalue weighted by molar-refractivity contribution is 7.53. The van der Waals surface area contributed by atoms with Crippen LogP contribution in [0.1, 0.15) is 13.8 Å². The molecule has 18 heavy (non-hydrogen) atoms. The van der Waals surface area contributed by atoms with Crippen molar-refractivity contribution < 1.29 is 34.0 Å². The maximum absolute atomic E-state index is 11.7. The highest BCUT2D eigenvalue weighted by Crippen LogP contribution is 2.53. The van der Waals surface area contributed by atoms with Crippen LogP contribution < -0.4 is 0 Å². The van der Waals surface area contributed by atoms with Crippen molar-refractivity contribution in [3.05, 3.63) is 0 Å². The van der Waals surface area contributed by atoms with Gasteiger partial charge in [-0.25, -0.2) is 4.90 Å². The summed E-state index contributed by atoms with van der Waals surface area (Å²) in [6.45, 7) is 2.29. The summed E-state index contributed by atoms with van der Waals surface area (Å²) in [4.78, 5) is 20.0. The number of ether oxygens (including phenoxy) is 2. The minimum absolute atomic E-state index is 0.0124. The molecule has 0 amide bonds. The summed E-state index contributed by atoms with van der Waals surface area (Å²) in [7, 11) is -4.80. The van der Waals surface area contributed by atoms with Crippen molar-refractivity contribution in [1.82, 2.24) is 4.90 Å². The SMILES string of the molecule is CCOC(OCC)(N(CCO)CCO)P(=O)(O)O. The standard InChI is InChI=1S/C9H22NO7P/c1-3-16-9(17-4-2,18(13,14)15)10(5-7-11)6-8-12/h11-12H,3-8H2,1-2H3,(H2,13,14,15). The largest absolute Gasteiger partial charge is 0.401 e. The second-order valence-corrected chi connectivity index (χ2v) is 5.05. The summed E-state index contributed by atoms with van der Waals surface area (Å²) in [5.74, 6) is 0. The molecule has 8 nitrogen and oxygen atoms in total. The quantitative estimate of drug-likeness (QED) is 0.302. The van der Waals surface area contributed by atoms with E-state index < -0.39 is 13.2 Å². The topological polar surface area (TPSA) is 120 Å². The van der Waals surface area contributed by atoms with Gasteiger partial charge in [0.25, 0.3) is 0 Å². The van der Waals surface area contributed by atoms with Gasteiger partial charge in [0.05, 0.1) is 13.2 Å². The summed E-state index contributed by atoms with van der Waals surface area (Å²) in [6, 6.07) is 0. The van der Waals surface area contributed by atoms with Gasteiger partial charge in [-0.3, -0.25) is 4.57 Å². The van der Waals surface area contributed by atoms with E-state index in [0.29, 0.717) is 0 Å². The van der Waals surface area contributed by atoms with Crippen LogP contribution in [0.15, 0.2) is 0 Å². The summed E-state index contributed by atoms with van der Waals surface area (Å²) in [6.07, 6.45) is 0. The fourth-order valence-electron chi connectivity index (χ4n) is 1.59. The molecule has 0 unspecified atom stereocenters. The molecule has 0 saturated carbocycles. The lowest BCUT2D eigenvalue weighted by atomic mass is 10.5. The number of hydrogen-bond acceptors (Lipinski definition) is 6. The second-order valence-electron chi connectivity index (χ2n) is 3.39. The smallest absolute Gasteiger partial charge is 0.395 e. The van der Waals surface area contributed by atoms with Crippen LogP contribution in [-0.4, -0.2) is 70.1 Å². The summed E-state index contributed by atoms with van der Waals surface area (Å²) < 4.78 is 21.9. The first kappa shape index (κ1) is 17.9. The maximum atomic E-state index is 11.7. The van der Waals surface area contributed by atoms with Gasteiger partial charge in [-0.15, -0.1) is 0 Å². The Morgan fingerprint density at radius 3 is 1.67 bits per heavy atom. The zero-order valence-electron chi connectivity index (χ0n) is 10.7. The van der Waals surface area contributed by atoms with E-state index in [4.69, 9.17) is 19.7 Å². The Kier molecular flexibility index (Phi) is 8.16. The molecular weight excluding hydrogens is 265 g/mol. The normalized spacial score (nSPS) is 13.3. The molecule has 0 radical (unpaired) electrons. The fraction of sp³-hybridized carbons (Fsp3) is 1.00. The molecule has 110 valence electrons. The Morgan fingerprint density at radius 1 is 1.06 bits per heavy atom. The van der Waals surface area contributed by atoms with Gasteiger partial charge < -0.3 is 29.5 Å². The molecule has 0 aromatic heterocycles. The van der Waals surface area contributed by atoms with E-state index in [-0.39, 0.29) is 39.5 Å². The summed E-state index contributed by atoms with van der Waals surface area (Å²) in [5, 5.41) is 17.9. The third kappa shape index (κ3) is 4.25. The van der Waals surface area contributed by atoms with Gasteiger partial charge >= 0.3 is 13.2 Å². The molecule has 0 aliphatic carbocycles. The highest BCUT2D eigenvalue weighted by atomic mass is 31.2. The Hall–Kier alpha value is -0.0500. The molecule has 0 aromatic carbocycles. The lowest BCUT2D eigenvalue weighted by Crippen LogP contribution is -2.54. The predicted molar refractivity (Wildman–Crippen MR) is 63.8 cm³/mol. The Labute approximate surface area is 106 Å². The zero-order chi connectivity index (χ0) is 14.2. The van der Waals surface area contributed by atoms with Crippen molar-refractivity contribution in [3.63, 3.8) is 0 Å². The van der Waals surface area contributed by atoms with Crippen LogP contribution in [0, 0.1) is 0 Å². The minimum Gasteiger partial charge on any atom is -0.395 e. The molecule has 0 saturated heterocycles. The predicted octanol–water partition coefficient (Wildman–Crippen LogP) is -0.865. The fourth-order valence-corrected chi connectivity index (χ4v) is 2.75. The van der Waals surface area contributed by atoms with Crippen LogP contribution in [0.5, 0.6) is 0 Å². The lowest BCUT2D eigenvalue weighted by molar-refractivity contribution is -0.270. The number of hydrogen-bond donors (Lipinski definition) is 4. The second kappa shape index (κ2) is 8.19. The molecule has 0 aliphatic rings. The molecule has 0 aliphatic heterocycles. The molecule has 9 heteroatoms. The minimum atomic E-state index is -4.80. The number of aliphatic hydroxyl groups is 2. The molecular formula is C9H22NO7P. The first-order valence-electron chi connectivity index (χ1n) is 5.69. The Morgan fingerprint density at radius 2 is 1.44 bits per heavy atom. The van der Waals surface area contributed by atoms with Gasteiger partial charge in [-0.1, -0.05) is 0 Å². The van der Waals surface area contributed by atoms with Crippen molar-refractivity contribution >= 4 is 7.60 Å². The molecule has 0 rings (SSSR count). The van der Waals surface area contributed by atoms with Gasteiger partial charge in [-0.2, -0.15) is 0 Å². The van der Waals surface area contributed by atoms with Crippen molar-refractivity contribution in [2.75, 3.05) is 39.5 Å². The monoisotopic (exact) mass is 287 g/mol. The molecule has 0 fully saturated rings. The average Bonchev–Trinajstić information content (AvgIpc) is 2.27. The van der Waals surface area contributed by atoms with Gasteiger partial charge in [0.2, 0.25) is 0 Å². The molecule has 4 N–H and O–H groups in total. The molecule has 0 heterocycles. The zero-order valence-corrected chi connectivity index (χ0v) is 11.5. The number of aliphatic hydroxyl groups excluding tert-OH is 2. The van der Waals surface area contributed by atoms with Crippen LogP contribution >= 0.6 is 7.60 Å². The van der Waals surface area contributed by atoms with E-state index in [2.05, 4.69) is 0 Å². The van der Waals surface area contributed by atoms with E-state index in [0.717, 1.165) is 4.90 Å². The van der Waals surface area contributed by atoms with E-state index in [1.807, 2.05) is 0 Å². The van der Waals surface area contributed by atoms with Gasteiger partial charge in [0.15, 0.2) is 0 Å². The molecule has 0 aromatic rings. The first-order valence-corrected chi connectivity index (χ1v) is 7.31. The average molecular weight is 287 g/mol. The van der Waals surface area contributed by atoms with E-state index in [1.54, 1.807) is 13.8 Å². The summed E-state index contributed by atoms with van der Waals surface area (Å²) >= 11 is 0. The number of nitrogens with zero attached hydrogens (tertiary/aromatic N) is 1. The highest BCUT2D eigenvalue weighted by Gasteiger charge is 2.54. The van der Waals surface area contributed by atoms with E-state index >= 15 is 0 Å². The van der Waals surface area contributed by atoms with E-state index in [9.17, 15) is 14.4 Å². The first-order chi connectivity index (χ1) is 8.39. The lowest BCUT2D eigenvalue weighted by Gasteiger charge is -2.41. The van der Waals surface area contributed by atoms with Crippen molar-refractivity contribution in [3.8, 4) is 0 Å². The van der Waals surface area contributed by atoms with Crippen LogP contribution in [-0.2, 0) is 14.0 Å². The maximum Gasteiger partial charge on any atom is 0.401 e. The summed E-state index contributed by atoms with van der Waals surface area (Å²) in [5.41, 5.74) is -2.26. The van der Waals surface area contributed by atoms with Crippen LogP contribution in [0.3, 0.4) is 0 Å². The Balaban J connectivity index is 5.40.